The lowest BCUT2D eigenvalue weighted by atomic mass is 9.96. The average Bonchev–Trinajstić information content (AvgIpc) is 3.13. The molecule has 0 fully saturated rings. The van der Waals surface area contributed by atoms with Gasteiger partial charge in [-0.2, -0.15) is 0 Å². The second-order valence-electron chi connectivity index (χ2n) is 7.42. The van der Waals surface area contributed by atoms with E-state index in [2.05, 4.69) is 4.99 Å². The predicted molar refractivity (Wildman–Crippen MR) is 126 cm³/mol. The van der Waals surface area contributed by atoms with Crippen molar-refractivity contribution in [2.24, 2.45) is 4.99 Å². The molecule has 10 heteroatoms. The number of hydrogen-bond donors (Lipinski definition) is 0. The number of methoxy groups -OCH3 is 1. The number of esters is 1. The van der Waals surface area contributed by atoms with Crippen LogP contribution in [0.2, 0.25) is 0 Å². The van der Waals surface area contributed by atoms with Crippen molar-refractivity contribution < 1.29 is 19.2 Å². The highest BCUT2D eigenvalue weighted by atomic mass is 32.1. The molecule has 0 saturated heterocycles. The number of fused-ring (bicyclic) bond motifs is 1. The monoisotopic (exact) mass is 479 g/mol. The molecular weight excluding hydrogens is 458 g/mol. The molecule has 34 heavy (non-hydrogen) atoms. The Hall–Kier alpha value is -4.05. The van der Waals surface area contributed by atoms with E-state index in [4.69, 9.17) is 9.47 Å². The Morgan fingerprint density at radius 3 is 2.47 bits per heavy atom. The third-order valence-corrected chi connectivity index (χ3v) is 6.33. The fourth-order valence-corrected chi connectivity index (χ4v) is 4.78. The third-order valence-electron chi connectivity index (χ3n) is 5.35. The maximum absolute atomic E-state index is 13.5. The topological polar surface area (TPSA) is 113 Å². The smallest absolute Gasteiger partial charge is 0.338 e. The normalized spacial score (nSPS) is 15.5. The third kappa shape index (κ3) is 4.27. The molecule has 2 heterocycles. The van der Waals surface area contributed by atoms with E-state index in [1.54, 1.807) is 63.4 Å². The minimum Gasteiger partial charge on any atom is -0.497 e. The van der Waals surface area contributed by atoms with Gasteiger partial charge < -0.3 is 9.47 Å². The van der Waals surface area contributed by atoms with E-state index < -0.39 is 16.9 Å². The minimum absolute atomic E-state index is 0.0344. The fraction of sp³-hybridized carbons (Fsp3) is 0.208. The van der Waals surface area contributed by atoms with Crippen LogP contribution >= 0.6 is 11.3 Å². The van der Waals surface area contributed by atoms with Crippen molar-refractivity contribution in [2.45, 2.75) is 19.9 Å². The number of allylic oxidation sites excluding steroid dienone is 1. The van der Waals surface area contributed by atoms with Gasteiger partial charge in [-0.15, -0.1) is 0 Å². The SMILES string of the molecule is CCOC(=O)C1=C(C)N=c2s/c(=C\c3ccc([N+](=O)[O-])cc3)c(=O)n2[C@H]1c1ccc(OC)cc1. The Kier molecular flexibility index (Phi) is 6.42. The Bertz CT molecular complexity index is 1470. The molecular formula is C24H21N3O6S. The number of benzene rings is 2. The first-order valence-electron chi connectivity index (χ1n) is 10.4. The summed E-state index contributed by atoms with van der Waals surface area (Å²) in [7, 11) is 1.56. The van der Waals surface area contributed by atoms with E-state index in [1.807, 2.05) is 0 Å². The largest absolute Gasteiger partial charge is 0.497 e. The summed E-state index contributed by atoms with van der Waals surface area (Å²) in [6, 6.07) is 12.3. The van der Waals surface area contributed by atoms with Gasteiger partial charge in [0.2, 0.25) is 0 Å². The second kappa shape index (κ2) is 9.44. The van der Waals surface area contributed by atoms with Crippen LogP contribution in [0.4, 0.5) is 5.69 Å². The lowest BCUT2D eigenvalue weighted by molar-refractivity contribution is -0.384. The number of carbonyl (C=O) groups is 1. The molecule has 174 valence electrons. The highest BCUT2D eigenvalue weighted by Crippen LogP contribution is 2.31. The highest BCUT2D eigenvalue weighted by molar-refractivity contribution is 7.07. The summed E-state index contributed by atoms with van der Waals surface area (Å²) >= 11 is 1.19. The van der Waals surface area contributed by atoms with E-state index in [0.29, 0.717) is 37.5 Å². The Morgan fingerprint density at radius 2 is 1.88 bits per heavy atom. The Morgan fingerprint density at radius 1 is 1.21 bits per heavy atom. The van der Waals surface area contributed by atoms with Crippen LogP contribution in [0.1, 0.15) is 31.0 Å². The predicted octanol–water partition coefficient (Wildman–Crippen LogP) is 2.72. The molecule has 0 bridgehead atoms. The summed E-state index contributed by atoms with van der Waals surface area (Å²) in [6.45, 7) is 3.63. The van der Waals surface area contributed by atoms with E-state index >= 15 is 0 Å². The molecule has 0 aliphatic carbocycles. The molecule has 0 unspecified atom stereocenters. The van der Waals surface area contributed by atoms with Crippen LogP contribution in [-0.4, -0.2) is 29.2 Å². The average molecular weight is 480 g/mol. The second-order valence-corrected chi connectivity index (χ2v) is 8.43. The fourth-order valence-electron chi connectivity index (χ4n) is 3.74. The summed E-state index contributed by atoms with van der Waals surface area (Å²) in [5, 5.41) is 10.9. The number of nitrogens with zero attached hydrogens (tertiary/aromatic N) is 3. The molecule has 0 saturated carbocycles. The van der Waals surface area contributed by atoms with Crippen LogP contribution in [0.5, 0.6) is 5.75 Å². The van der Waals surface area contributed by atoms with Crippen molar-refractivity contribution >= 4 is 29.1 Å². The zero-order chi connectivity index (χ0) is 24.4. The van der Waals surface area contributed by atoms with Gasteiger partial charge in [0, 0.05) is 12.1 Å². The summed E-state index contributed by atoms with van der Waals surface area (Å²) < 4.78 is 12.4. The maximum Gasteiger partial charge on any atom is 0.338 e. The van der Waals surface area contributed by atoms with E-state index in [1.165, 1.54) is 28.0 Å². The van der Waals surface area contributed by atoms with Gasteiger partial charge >= 0.3 is 5.97 Å². The number of carbonyl (C=O) groups excluding carboxylic acids is 1. The van der Waals surface area contributed by atoms with Gasteiger partial charge in [-0.05, 0) is 55.3 Å². The number of thiazole rings is 1. The summed E-state index contributed by atoms with van der Waals surface area (Å²) in [4.78, 5) is 41.8. The molecule has 0 radical (unpaired) electrons. The van der Waals surface area contributed by atoms with Gasteiger partial charge in [-0.3, -0.25) is 19.5 Å². The van der Waals surface area contributed by atoms with Gasteiger partial charge in [0.15, 0.2) is 4.80 Å². The van der Waals surface area contributed by atoms with Gasteiger partial charge in [0.25, 0.3) is 11.2 Å². The molecule has 9 nitrogen and oxygen atoms in total. The summed E-state index contributed by atoms with van der Waals surface area (Å²) in [6.07, 6.45) is 1.65. The lowest BCUT2D eigenvalue weighted by Crippen LogP contribution is -2.39. The highest BCUT2D eigenvalue weighted by Gasteiger charge is 2.33. The number of ether oxygens (including phenoxy) is 2. The first kappa shape index (κ1) is 23.1. The number of nitro benzene ring substituents is 1. The maximum atomic E-state index is 13.5. The lowest BCUT2D eigenvalue weighted by Gasteiger charge is -2.24. The van der Waals surface area contributed by atoms with Crippen molar-refractivity contribution in [1.29, 1.82) is 0 Å². The van der Waals surface area contributed by atoms with E-state index in [9.17, 15) is 19.7 Å². The van der Waals surface area contributed by atoms with Crippen molar-refractivity contribution in [2.75, 3.05) is 13.7 Å². The van der Waals surface area contributed by atoms with Crippen molar-refractivity contribution in [1.82, 2.24) is 4.57 Å². The molecule has 1 aliphatic heterocycles. The van der Waals surface area contributed by atoms with Crippen LogP contribution in [-0.2, 0) is 9.53 Å². The molecule has 1 atom stereocenters. The molecule has 0 amide bonds. The minimum atomic E-state index is -0.722. The zero-order valence-electron chi connectivity index (χ0n) is 18.7. The van der Waals surface area contributed by atoms with Crippen LogP contribution < -0.4 is 19.6 Å². The van der Waals surface area contributed by atoms with Crippen LogP contribution in [0.25, 0.3) is 6.08 Å². The van der Waals surface area contributed by atoms with Gasteiger partial charge in [0.05, 0.1) is 40.5 Å². The molecule has 4 rings (SSSR count). The number of aromatic nitrogens is 1. The van der Waals surface area contributed by atoms with E-state index in [0.717, 1.165) is 0 Å². The number of non-ortho nitro benzene ring substituents is 1. The number of rotatable bonds is 6. The molecule has 1 aliphatic rings. The van der Waals surface area contributed by atoms with Gasteiger partial charge in [-0.25, -0.2) is 9.79 Å². The quantitative estimate of drug-likeness (QED) is 0.305. The van der Waals surface area contributed by atoms with Crippen molar-refractivity contribution in [3.8, 4) is 5.75 Å². The Labute approximate surface area is 198 Å². The standard InChI is InChI=1S/C24H21N3O6S/c1-4-33-23(29)20-14(2)25-24-26(21(20)16-7-11-18(32-3)12-8-16)22(28)19(34-24)13-15-5-9-17(10-6-15)27(30)31/h5-13,21H,4H2,1-3H3/b19-13-/t21-/m0/s1. The van der Waals surface area contributed by atoms with Gasteiger partial charge in [0.1, 0.15) is 5.75 Å². The van der Waals surface area contributed by atoms with Crippen LogP contribution in [0.15, 0.2) is 69.6 Å². The zero-order valence-corrected chi connectivity index (χ0v) is 19.5. The molecule has 0 N–H and O–H groups in total. The molecule has 2 aromatic carbocycles. The summed E-state index contributed by atoms with van der Waals surface area (Å²) in [5.74, 6) is 0.113. The molecule has 3 aromatic rings. The molecule has 1 aromatic heterocycles. The first-order chi connectivity index (χ1) is 16.3. The van der Waals surface area contributed by atoms with Crippen molar-refractivity contribution in [3.63, 3.8) is 0 Å². The van der Waals surface area contributed by atoms with E-state index in [-0.39, 0.29) is 17.9 Å². The van der Waals surface area contributed by atoms with Crippen LogP contribution in [0.3, 0.4) is 0 Å². The number of hydrogen-bond acceptors (Lipinski definition) is 8. The summed E-state index contributed by atoms with van der Waals surface area (Å²) in [5.41, 5.74) is 1.76. The van der Waals surface area contributed by atoms with Crippen LogP contribution in [0, 0.1) is 10.1 Å². The molecule has 0 spiro atoms. The number of nitro groups is 1. The Balaban J connectivity index is 1.90. The first-order valence-corrected chi connectivity index (χ1v) is 11.2. The van der Waals surface area contributed by atoms with Crippen molar-refractivity contribution in [3.05, 3.63) is 101 Å². The van der Waals surface area contributed by atoms with Gasteiger partial charge in [-0.1, -0.05) is 23.5 Å².